The van der Waals surface area contributed by atoms with E-state index in [4.69, 9.17) is 14.2 Å². The van der Waals surface area contributed by atoms with Gasteiger partial charge in [-0.15, -0.1) is 10.2 Å². The van der Waals surface area contributed by atoms with Gasteiger partial charge in [0.1, 0.15) is 5.69 Å². The minimum absolute atomic E-state index is 0.0650. The Labute approximate surface area is 210 Å². The minimum atomic E-state index is -0.377. The van der Waals surface area contributed by atoms with Crippen LogP contribution in [0.1, 0.15) is 51.1 Å². The number of H-pyrrole nitrogens is 1. The molecule has 0 unspecified atom stereocenters. The zero-order chi connectivity index (χ0) is 25.5. The number of carbonyl (C=O) groups is 2. The van der Waals surface area contributed by atoms with E-state index in [-0.39, 0.29) is 41.9 Å². The summed E-state index contributed by atoms with van der Waals surface area (Å²) < 4.78 is 16.4. The Morgan fingerprint density at radius 3 is 2.53 bits per heavy atom. The Kier molecular flexibility index (Phi) is 8.56. The van der Waals surface area contributed by atoms with Crippen LogP contribution in [0.15, 0.2) is 23.0 Å². The first-order valence-corrected chi connectivity index (χ1v) is 12.7. The zero-order valence-corrected chi connectivity index (χ0v) is 21.0. The highest BCUT2D eigenvalue weighted by Crippen LogP contribution is 2.33. The van der Waals surface area contributed by atoms with Gasteiger partial charge in [-0.05, 0) is 56.7 Å². The number of nitrogens with zero attached hydrogens (tertiary/aromatic N) is 3. The number of piperidine rings is 1. The number of rotatable bonds is 10. The predicted octanol–water partition coefficient (Wildman–Crippen LogP) is 2.75. The first-order valence-electron chi connectivity index (χ1n) is 12.7. The van der Waals surface area contributed by atoms with Gasteiger partial charge in [-0.2, -0.15) is 0 Å². The Bertz CT molecular complexity index is 1120. The van der Waals surface area contributed by atoms with Crippen LogP contribution < -0.4 is 15.0 Å². The van der Waals surface area contributed by atoms with Crippen LogP contribution in [0.25, 0.3) is 11.4 Å². The fraction of sp³-hybridized carbons (Fsp3) is 0.577. The monoisotopic (exact) mass is 498 g/mol. The number of nitrogens with one attached hydrogen (secondary N) is 1. The van der Waals surface area contributed by atoms with Gasteiger partial charge in [0.2, 0.25) is 5.91 Å². The van der Waals surface area contributed by atoms with Crippen LogP contribution in [0.3, 0.4) is 0 Å². The number of amides is 1. The summed E-state index contributed by atoms with van der Waals surface area (Å²) in [5.41, 5.74) is 0.485. The lowest BCUT2D eigenvalue weighted by Crippen LogP contribution is -2.40. The number of aromatic amines is 1. The topological polar surface area (TPSA) is 124 Å². The third-order valence-electron chi connectivity index (χ3n) is 6.94. The molecule has 1 saturated heterocycles. The summed E-state index contributed by atoms with van der Waals surface area (Å²) in [6, 6.07) is 5.38. The number of benzene rings is 1. The second-order valence-corrected chi connectivity index (χ2v) is 9.33. The van der Waals surface area contributed by atoms with Crippen LogP contribution in [0, 0.1) is 11.8 Å². The molecule has 1 amide bonds. The maximum atomic E-state index is 12.6. The van der Waals surface area contributed by atoms with Gasteiger partial charge in [0.25, 0.3) is 5.56 Å². The molecule has 1 aromatic heterocycles. The smallest absolute Gasteiger partial charge is 0.309 e. The predicted molar refractivity (Wildman–Crippen MR) is 132 cm³/mol. The Balaban J connectivity index is 1.32. The van der Waals surface area contributed by atoms with Crippen molar-refractivity contribution in [1.82, 2.24) is 20.1 Å². The van der Waals surface area contributed by atoms with Crippen molar-refractivity contribution in [2.45, 2.75) is 51.9 Å². The van der Waals surface area contributed by atoms with E-state index < -0.39 is 0 Å². The maximum Gasteiger partial charge on any atom is 0.309 e. The number of aryl methyl sites for hydroxylation is 1. The quantitative estimate of drug-likeness (QED) is 0.496. The molecule has 1 N–H and O–H groups in total. The molecule has 2 aliphatic rings. The Morgan fingerprint density at radius 2 is 1.89 bits per heavy atom. The summed E-state index contributed by atoms with van der Waals surface area (Å²) in [6.07, 6.45) is 5.18. The first-order chi connectivity index (χ1) is 17.5. The van der Waals surface area contributed by atoms with Crippen molar-refractivity contribution in [1.29, 1.82) is 0 Å². The summed E-state index contributed by atoms with van der Waals surface area (Å²) in [6.45, 7) is 3.83. The maximum absolute atomic E-state index is 12.6. The molecule has 0 atom stereocenters. The van der Waals surface area contributed by atoms with E-state index in [9.17, 15) is 14.4 Å². The highest BCUT2D eigenvalue weighted by molar-refractivity contribution is 5.77. The molecule has 2 aromatic rings. The van der Waals surface area contributed by atoms with Crippen molar-refractivity contribution in [3.63, 3.8) is 0 Å². The lowest BCUT2D eigenvalue weighted by molar-refractivity contribution is -0.151. The SMILES string of the molecule is CCOC(=O)C1CCN(C(=O)CCc2nnc(-c3ccc(OCC4CCC4)c(OC)c3)[nH]c2=O)CC1. The molecule has 1 aliphatic heterocycles. The summed E-state index contributed by atoms with van der Waals surface area (Å²) in [7, 11) is 1.57. The lowest BCUT2D eigenvalue weighted by atomic mass is 9.86. The standard InChI is InChI=1S/C26H34N4O6/c1-3-35-26(33)18-11-13-30(14-12-18)23(31)10-8-20-25(32)27-24(29-28-20)19-7-9-21(22(15-19)34-2)36-16-17-5-4-6-17/h7,9,15,17-18H,3-6,8,10-14,16H2,1-2H3,(H,27,29,32). The van der Waals surface area contributed by atoms with E-state index in [1.165, 1.54) is 19.3 Å². The highest BCUT2D eigenvalue weighted by atomic mass is 16.5. The lowest BCUT2D eigenvalue weighted by Gasteiger charge is -2.30. The second kappa shape index (κ2) is 12.0. The molecule has 0 spiro atoms. The summed E-state index contributed by atoms with van der Waals surface area (Å²) in [5, 5.41) is 8.26. The molecule has 0 radical (unpaired) electrons. The molecule has 194 valence electrons. The average molecular weight is 499 g/mol. The molecular formula is C26H34N4O6. The molecule has 2 heterocycles. The third-order valence-corrected chi connectivity index (χ3v) is 6.94. The first kappa shape index (κ1) is 25.7. The van der Waals surface area contributed by atoms with Gasteiger partial charge >= 0.3 is 5.97 Å². The Morgan fingerprint density at radius 1 is 1.11 bits per heavy atom. The van der Waals surface area contributed by atoms with Crippen molar-refractivity contribution in [2.24, 2.45) is 11.8 Å². The third kappa shape index (κ3) is 6.22. The normalized spacial score (nSPS) is 16.3. The van der Waals surface area contributed by atoms with E-state index >= 15 is 0 Å². The molecule has 1 aliphatic carbocycles. The van der Waals surface area contributed by atoms with E-state index in [0.29, 0.717) is 67.9 Å². The van der Waals surface area contributed by atoms with Gasteiger partial charge in [0.05, 0.1) is 26.2 Å². The van der Waals surface area contributed by atoms with Gasteiger partial charge < -0.3 is 24.1 Å². The molecule has 10 nitrogen and oxygen atoms in total. The zero-order valence-electron chi connectivity index (χ0n) is 21.0. The summed E-state index contributed by atoms with van der Waals surface area (Å²) >= 11 is 0. The molecular weight excluding hydrogens is 464 g/mol. The van der Waals surface area contributed by atoms with Crippen LogP contribution in [0.5, 0.6) is 11.5 Å². The molecule has 1 saturated carbocycles. The molecule has 36 heavy (non-hydrogen) atoms. The fourth-order valence-electron chi connectivity index (χ4n) is 4.46. The Hall–Kier alpha value is -3.43. The summed E-state index contributed by atoms with van der Waals surface area (Å²) in [4.78, 5) is 41.6. The second-order valence-electron chi connectivity index (χ2n) is 9.33. The van der Waals surface area contributed by atoms with Crippen LogP contribution >= 0.6 is 0 Å². The largest absolute Gasteiger partial charge is 0.493 e. The van der Waals surface area contributed by atoms with Crippen LogP contribution in [0.4, 0.5) is 0 Å². The van der Waals surface area contributed by atoms with Crippen molar-refractivity contribution in [3.05, 3.63) is 34.2 Å². The average Bonchev–Trinajstić information content (AvgIpc) is 2.87. The van der Waals surface area contributed by atoms with Crippen molar-refractivity contribution >= 4 is 11.9 Å². The van der Waals surface area contributed by atoms with Gasteiger partial charge in [0, 0.05) is 31.5 Å². The summed E-state index contributed by atoms with van der Waals surface area (Å²) in [5.74, 6) is 1.73. The van der Waals surface area contributed by atoms with Crippen molar-refractivity contribution in [3.8, 4) is 22.9 Å². The number of hydrogen-bond acceptors (Lipinski definition) is 8. The van der Waals surface area contributed by atoms with Gasteiger partial charge in [-0.1, -0.05) is 6.42 Å². The number of ether oxygens (including phenoxy) is 3. The van der Waals surface area contributed by atoms with Crippen LogP contribution in [-0.2, 0) is 20.7 Å². The molecule has 4 rings (SSSR count). The molecule has 2 fully saturated rings. The number of hydrogen-bond donors (Lipinski definition) is 1. The van der Waals surface area contributed by atoms with E-state index in [1.807, 2.05) is 12.1 Å². The van der Waals surface area contributed by atoms with Gasteiger partial charge in [-0.3, -0.25) is 14.4 Å². The van der Waals surface area contributed by atoms with Crippen molar-refractivity contribution in [2.75, 3.05) is 33.4 Å². The highest BCUT2D eigenvalue weighted by Gasteiger charge is 2.28. The fourth-order valence-corrected chi connectivity index (χ4v) is 4.46. The van der Waals surface area contributed by atoms with E-state index in [2.05, 4.69) is 15.2 Å². The number of likely N-dealkylation sites (tertiary alicyclic amines) is 1. The number of esters is 1. The van der Waals surface area contributed by atoms with E-state index in [0.717, 1.165) is 0 Å². The van der Waals surface area contributed by atoms with Crippen molar-refractivity contribution < 1.29 is 23.8 Å². The molecule has 0 bridgehead atoms. The molecule has 1 aromatic carbocycles. The molecule has 10 heteroatoms. The van der Waals surface area contributed by atoms with Crippen LogP contribution in [-0.4, -0.2) is 65.4 Å². The van der Waals surface area contributed by atoms with Crippen LogP contribution in [0.2, 0.25) is 0 Å². The van der Waals surface area contributed by atoms with E-state index in [1.54, 1.807) is 25.0 Å². The van der Waals surface area contributed by atoms with Gasteiger partial charge in [-0.25, -0.2) is 0 Å². The number of carbonyl (C=O) groups excluding carboxylic acids is 2. The minimum Gasteiger partial charge on any atom is -0.493 e. The number of aromatic nitrogens is 3. The number of methoxy groups -OCH3 is 1. The van der Waals surface area contributed by atoms with Gasteiger partial charge in [0.15, 0.2) is 17.3 Å².